The second-order valence-corrected chi connectivity index (χ2v) is 9.45. The van der Waals surface area contributed by atoms with Gasteiger partial charge in [0, 0.05) is 49.6 Å². The number of thiophene rings is 1. The number of carbonyl (C=O) groups excluding carboxylic acids is 2. The average Bonchev–Trinajstić information content (AvgIpc) is 3.41. The van der Waals surface area contributed by atoms with Gasteiger partial charge in [0.1, 0.15) is 5.69 Å². The summed E-state index contributed by atoms with van der Waals surface area (Å²) in [5, 5.41) is 16.9. The number of amides is 2. The molecule has 182 valence electrons. The molecule has 8 nitrogen and oxygen atoms in total. The first-order valence-corrected chi connectivity index (χ1v) is 12.5. The number of benzene rings is 2. The van der Waals surface area contributed by atoms with Crippen LogP contribution in [0.1, 0.15) is 46.3 Å². The predicted molar refractivity (Wildman–Crippen MR) is 137 cm³/mol. The lowest BCUT2D eigenvalue weighted by atomic mass is 10.0. The standard InChI is InChI=1S/C26H28N4O4S/c1-3-19-6-8-20(9-7-19)25(24-5-4-16-35-24)27-26(32)21-10-11-22(23(17-21)30(33)34)29-14-12-28(13-15-29)18(2)31/h4-11,16-17,25H,3,12-15H2,1-2H3,(H,27,32). The minimum absolute atomic E-state index is 0.00389. The Morgan fingerprint density at radius 3 is 2.37 bits per heavy atom. The van der Waals surface area contributed by atoms with Crippen LogP contribution in [0.2, 0.25) is 0 Å². The van der Waals surface area contributed by atoms with Gasteiger partial charge in [-0.25, -0.2) is 0 Å². The van der Waals surface area contributed by atoms with Gasteiger partial charge in [0.15, 0.2) is 0 Å². The maximum absolute atomic E-state index is 13.2. The van der Waals surface area contributed by atoms with Gasteiger partial charge >= 0.3 is 0 Å². The first-order valence-electron chi connectivity index (χ1n) is 11.6. The number of piperazine rings is 1. The fourth-order valence-corrected chi connectivity index (χ4v) is 5.08. The van der Waals surface area contributed by atoms with E-state index >= 15 is 0 Å². The number of hydrogen-bond donors (Lipinski definition) is 1. The maximum Gasteiger partial charge on any atom is 0.293 e. The van der Waals surface area contributed by atoms with Gasteiger partial charge in [0.05, 0.1) is 11.0 Å². The summed E-state index contributed by atoms with van der Waals surface area (Å²) in [7, 11) is 0. The van der Waals surface area contributed by atoms with Crippen LogP contribution in [0.3, 0.4) is 0 Å². The van der Waals surface area contributed by atoms with Crippen LogP contribution in [0.15, 0.2) is 60.0 Å². The lowest BCUT2D eigenvalue weighted by molar-refractivity contribution is -0.384. The summed E-state index contributed by atoms with van der Waals surface area (Å²) in [6.07, 6.45) is 0.927. The lowest BCUT2D eigenvalue weighted by Crippen LogP contribution is -2.48. The maximum atomic E-state index is 13.2. The van der Waals surface area contributed by atoms with Crippen LogP contribution in [0.5, 0.6) is 0 Å². The number of nitrogens with zero attached hydrogens (tertiary/aromatic N) is 3. The number of nitro groups is 1. The fraction of sp³-hybridized carbons (Fsp3) is 0.308. The van der Waals surface area contributed by atoms with Gasteiger partial charge in [-0.2, -0.15) is 0 Å². The van der Waals surface area contributed by atoms with Gasteiger partial charge in [-0.15, -0.1) is 11.3 Å². The zero-order valence-corrected chi connectivity index (χ0v) is 20.6. The Morgan fingerprint density at radius 1 is 1.09 bits per heavy atom. The van der Waals surface area contributed by atoms with Crippen LogP contribution in [0.25, 0.3) is 0 Å². The smallest absolute Gasteiger partial charge is 0.293 e. The van der Waals surface area contributed by atoms with Crippen LogP contribution in [-0.2, 0) is 11.2 Å². The highest BCUT2D eigenvalue weighted by Crippen LogP contribution is 2.31. The molecule has 4 rings (SSSR count). The van der Waals surface area contributed by atoms with Crippen LogP contribution in [0, 0.1) is 10.1 Å². The van der Waals surface area contributed by atoms with Crippen molar-refractivity contribution in [2.45, 2.75) is 26.3 Å². The largest absolute Gasteiger partial charge is 0.362 e. The molecule has 1 aromatic heterocycles. The van der Waals surface area contributed by atoms with Gasteiger partial charge in [0.2, 0.25) is 5.91 Å². The SMILES string of the molecule is CCc1ccc(C(NC(=O)c2ccc(N3CCN(C(C)=O)CC3)c([N+](=O)[O-])c2)c2cccs2)cc1. The summed E-state index contributed by atoms with van der Waals surface area (Å²) < 4.78 is 0. The zero-order valence-electron chi connectivity index (χ0n) is 19.8. The van der Waals surface area contributed by atoms with Crippen molar-refractivity contribution in [3.8, 4) is 0 Å². The Labute approximate surface area is 208 Å². The van der Waals surface area contributed by atoms with Crippen LogP contribution >= 0.6 is 11.3 Å². The molecule has 0 bridgehead atoms. The van der Waals surface area contributed by atoms with Gasteiger partial charge in [-0.3, -0.25) is 19.7 Å². The number of carbonyl (C=O) groups is 2. The summed E-state index contributed by atoms with van der Waals surface area (Å²) >= 11 is 1.55. The van der Waals surface area contributed by atoms with Crippen molar-refractivity contribution in [3.63, 3.8) is 0 Å². The number of nitrogens with one attached hydrogen (secondary N) is 1. The molecular formula is C26H28N4O4S. The van der Waals surface area contributed by atoms with Gasteiger partial charge < -0.3 is 15.1 Å². The molecule has 35 heavy (non-hydrogen) atoms. The van der Waals surface area contributed by atoms with Crippen molar-refractivity contribution >= 4 is 34.5 Å². The van der Waals surface area contributed by atoms with E-state index in [9.17, 15) is 19.7 Å². The molecule has 2 heterocycles. The van der Waals surface area contributed by atoms with Crippen LogP contribution in [-0.4, -0.2) is 47.8 Å². The van der Waals surface area contributed by atoms with E-state index in [0.29, 0.717) is 31.9 Å². The quantitative estimate of drug-likeness (QED) is 0.389. The molecule has 1 fully saturated rings. The van der Waals surface area contributed by atoms with Gasteiger partial charge in [-0.05, 0) is 41.1 Å². The van der Waals surface area contributed by atoms with Crippen LogP contribution < -0.4 is 10.2 Å². The molecule has 0 saturated carbocycles. The average molecular weight is 493 g/mol. The van der Waals surface area contributed by atoms with E-state index in [4.69, 9.17) is 0 Å². The summed E-state index contributed by atoms with van der Waals surface area (Å²) in [4.78, 5) is 40.9. The molecule has 3 aromatic rings. The molecule has 1 unspecified atom stereocenters. The summed E-state index contributed by atoms with van der Waals surface area (Å²) in [6.45, 7) is 5.63. The molecule has 2 aromatic carbocycles. The molecule has 0 aliphatic carbocycles. The van der Waals surface area contributed by atoms with E-state index in [1.807, 2.05) is 46.7 Å². The molecule has 0 radical (unpaired) electrons. The Balaban J connectivity index is 1.57. The molecule has 1 atom stereocenters. The summed E-state index contributed by atoms with van der Waals surface area (Å²) in [6, 6.07) is 16.3. The van der Waals surface area contributed by atoms with Gasteiger partial charge in [-0.1, -0.05) is 37.3 Å². The van der Waals surface area contributed by atoms with Crippen LogP contribution in [0.4, 0.5) is 11.4 Å². The molecule has 1 saturated heterocycles. The Kier molecular flexibility index (Phi) is 7.45. The van der Waals surface area contributed by atoms with Crippen molar-refractivity contribution in [3.05, 3.63) is 91.7 Å². The highest BCUT2D eigenvalue weighted by Gasteiger charge is 2.27. The minimum atomic E-state index is -0.455. The third-order valence-electron chi connectivity index (χ3n) is 6.32. The molecule has 1 aliphatic heterocycles. The van der Waals surface area contributed by atoms with Crippen molar-refractivity contribution < 1.29 is 14.5 Å². The molecule has 0 spiro atoms. The fourth-order valence-electron chi connectivity index (χ4n) is 4.28. The van der Waals surface area contributed by atoms with E-state index in [-0.39, 0.29) is 29.1 Å². The first kappa shape index (κ1) is 24.4. The third kappa shape index (κ3) is 5.51. The molecule has 9 heteroatoms. The van der Waals surface area contributed by atoms with E-state index in [1.165, 1.54) is 18.6 Å². The van der Waals surface area contributed by atoms with Gasteiger partial charge in [0.25, 0.3) is 11.6 Å². The number of anilines is 1. The topological polar surface area (TPSA) is 95.8 Å². The Morgan fingerprint density at radius 2 is 1.80 bits per heavy atom. The Bertz CT molecular complexity index is 1200. The molecule has 2 amide bonds. The van der Waals surface area contributed by atoms with Crippen molar-refractivity contribution in [2.24, 2.45) is 0 Å². The number of rotatable bonds is 7. The predicted octanol–water partition coefficient (Wildman–Crippen LogP) is 4.41. The molecular weight excluding hydrogens is 464 g/mol. The normalized spacial score (nSPS) is 14.5. The van der Waals surface area contributed by atoms with E-state index in [1.54, 1.807) is 28.4 Å². The summed E-state index contributed by atoms with van der Waals surface area (Å²) in [5.74, 6) is -0.380. The lowest BCUT2D eigenvalue weighted by Gasteiger charge is -2.35. The first-order chi connectivity index (χ1) is 16.9. The zero-order chi connectivity index (χ0) is 24.9. The second-order valence-electron chi connectivity index (χ2n) is 8.47. The van der Waals surface area contributed by atoms with Crippen molar-refractivity contribution in [1.29, 1.82) is 0 Å². The van der Waals surface area contributed by atoms with E-state index < -0.39 is 4.92 Å². The monoisotopic (exact) mass is 492 g/mol. The molecule has 1 N–H and O–H groups in total. The number of nitro benzene ring substituents is 1. The number of aryl methyl sites for hydroxylation is 1. The van der Waals surface area contributed by atoms with Crippen molar-refractivity contribution in [2.75, 3.05) is 31.1 Å². The highest BCUT2D eigenvalue weighted by molar-refractivity contribution is 7.10. The highest BCUT2D eigenvalue weighted by atomic mass is 32.1. The van der Waals surface area contributed by atoms with E-state index in [2.05, 4.69) is 12.2 Å². The Hall–Kier alpha value is -3.72. The minimum Gasteiger partial charge on any atom is -0.362 e. The summed E-state index contributed by atoms with van der Waals surface area (Å²) in [5.41, 5.74) is 2.73. The number of hydrogen-bond acceptors (Lipinski definition) is 6. The molecule has 1 aliphatic rings. The van der Waals surface area contributed by atoms with Crippen molar-refractivity contribution in [1.82, 2.24) is 10.2 Å². The second kappa shape index (κ2) is 10.7. The van der Waals surface area contributed by atoms with E-state index in [0.717, 1.165) is 16.9 Å². The third-order valence-corrected chi connectivity index (χ3v) is 7.26.